The maximum absolute atomic E-state index is 11.8. The van der Waals surface area contributed by atoms with Crippen molar-refractivity contribution in [2.45, 2.75) is 27.1 Å². The number of carbonyl (C=O) groups excluding carboxylic acids is 1. The molecule has 0 saturated heterocycles. The molecule has 0 atom stereocenters. The van der Waals surface area contributed by atoms with Crippen molar-refractivity contribution in [1.29, 1.82) is 0 Å². The third-order valence-electron chi connectivity index (χ3n) is 3.16. The lowest BCUT2D eigenvalue weighted by Gasteiger charge is -2.09. The number of aliphatic hydroxyl groups is 1. The molecule has 0 saturated carbocycles. The average Bonchev–Trinajstić information content (AvgIpc) is 2.58. The molecule has 0 aliphatic heterocycles. The topological polar surface area (TPSA) is 76.0 Å². The van der Waals surface area contributed by atoms with Gasteiger partial charge < -0.3 is 19.7 Å². The van der Waals surface area contributed by atoms with Crippen LogP contribution in [-0.4, -0.2) is 29.9 Å². The molecule has 5 nitrogen and oxygen atoms in total. The van der Waals surface area contributed by atoms with Crippen LogP contribution >= 0.6 is 0 Å². The van der Waals surface area contributed by atoms with Gasteiger partial charge in [0.05, 0.1) is 13.7 Å². The highest BCUT2D eigenvalue weighted by Crippen LogP contribution is 2.21. The first-order chi connectivity index (χ1) is 11.8. The highest BCUT2D eigenvalue weighted by molar-refractivity contribution is 5.92. The van der Waals surface area contributed by atoms with Gasteiger partial charge in [0.15, 0.2) is 0 Å². The van der Waals surface area contributed by atoms with E-state index in [0.717, 1.165) is 11.1 Å². The summed E-state index contributed by atoms with van der Waals surface area (Å²) < 4.78 is 32.3. The Kier molecular flexibility index (Phi) is 7.81. The summed E-state index contributed by atoms with van der Waals surface area (Å²) in [5, 5.41) is 18.1. The third-order valence-corrected chi connectivity index (χ3v) is 3.16. The van der Waals surface area contributed by atoms with E-state index in [4.69, 9.17) is 5.11 Å². The van der Waals surface area contributed by atoms with Crippen LogP contribution in [0.2, 0.25) is 0 Å². The highest BCUT2D eigenvalue weighted by atomic mass is 19.3. The molecule has 25 heavy (non-hydrogen) atoms. The minimum atomic E-state index is -2.85. The van der Waals surface area contributed by atoms with E-state index in [9.17, 15) is 18.7 Å². The summed E-state index contributed by atoms with van der Waals surface area (Å²) in [4.78, 5) is 11.0. The summed E-state index contributed by atoms with van der Waals surface area (Å²) in [5.74, 6) is -0.535. The molecule has 0 fully saturated rings. The Hall–Kier alpha value is -2.67. The summed E-state index contributed by atoms with van der Waals surface area (Å²) in [6.45, 7) is 0.494. The molecule has 2 aromatic rings. The van der Waals surface area contributed by atoms with E-state index in [-0.39, 0.29) is 23.7 Å². The second kappa shape index (κ2) is 9.58. The average molecular weight is 354 g/mol. The Bertz CT molecular complexity index is 717. The Morgan fingerprint density at radius 2 is 1.72 bits per heavy atom. The molecule has 2 N–H and O–H groups in total. The molecule has 2 aromatic carbocycles. The normalized spacial score (nSPS) is 10.0. The molecular formula is C18H20F2O5. The van der Waals surface area contributed by atoms with Crippen molar-refractivity contribution in [2.75, 3.05) is 7.11 Å². The van der Waals surface area contributed by atoms with Gasteiger partial charge in [-0.15, -0.1) is 0 Å². The Labute approximate surface area is 144 Å². The molecule has 0 unspecified atom stereocenters. The number of benzene rings is 2. The number of methoxy groups -OCH3 is 1. The van der Waals surface area contributed by atoms with Crippen LogP contribution < -0.4 is 4.74 Å². The van der Waals surface area contributed by atoms with Crippen LogP contribution in [0.25, 0.3) is 0 Å². The van der Waals surface area contributed by atoms with E-state index < -0.39 is 12.6 Å². The van der Waals surface area contributed by atoms with Gasteiger partial charge in [0.25, 0.3) is 0 Å². The number of carbonyl (C=O) groups is 1. The SMILES string of the molecule is COC(=O)c1cc(C)ccc1O.Cc1ccc(OC(F)F)c(CO)c1. The van der Waals surface area contributed by atoms with E-state index in [1.807, 2.05) is 13.8 Å². The number of esters is 1. The lowest BCUT2D eigenvalue weighted by molar-refractivity contribution is -0.0509. The molecule has 0 spiro atoms. The number of aryl methyl sites for hydroxylation is 2. The van der Waals surface area contributed by atoms with Crippen molar-refractivity contribution in [3.63, 3.8) is 0 Å². The molecule has 0 amide bonds. The molecule has 0 aliphatic carbocycles. The number of halogens is 2. The van der Waals surface area contributed by atoms with E-state index in [0.29, 0.717) is 5.56 Å². The molecular weight excluding hydrogens is 334 g/mol. The Balaban J connectivity index is 0.000000251. The number of hydrogen-bond donors (Lipinski definition) is 2. The highest BCUT2D eigenvalue weighted by Gasteiger charge is 2.10. The van der Waals surface area contributed by atoms with Crippen molar-refractivity contribution >= 4 is 5.97 Å². The fourth-order valence-electron chi connectivity index (χ4n) is 1.97. The van der Waals surface area contributed by atoms with Gasteiger partial charge in [-0.2, -0.15) is 8.78 Å². The zero-order valence-electron chi connectivity index (χ0n) is 14.1. The van der Waals surface area contributed by atoms with Crippen LogP contribution in [0.3, 0.4) is 0 Å². The Morgan fingerprint density at radius 1 is 1.12 bits per heavy atom. The standard InChI is InChI=1S/C9H10F2O2.C9H10O3/c1-6-2-3-8(13-9(10)11)7(4-6)5-12;1-6-3-4-8(10)7(5-6)9(11)12-2/h2-4,9,12H,5H2,1H3;3-5,10H,1-2H3. The van der Waals surface area contributed by atoms with E-state index in [1.165, 1.54) is 19.2 Å². The second-order valence-electron chi connectivity index (χ2n) is 5.16. The first-order valence-corrected chi connectivity index (χ1v) is 7.31. The van der Waals surface area contributed by atoms with Crippen LogP contribution in [-0.2, 0) is 11.3 Å². The minimum absolute atomic E-state index is 0.0306. The third kappa shape index (κ3) is 6.39. The lowest BCUT2D eigenvalue weighted by Crippen LogP contribution is -2.04. The molecule has 0 bridgehead atoms. The Morgan fingerprint density at radius 3 is 2.28 bits per heavy atom. The monoisotopic (exact) mass is 354 g/mol. The van der Waals surface area contributed by atoms with Crippen molar-refractivity contribution in [3.05, 3.63) is 58.7 Å². The number of alkyl halides is 2. The zero-order valence-corrected chi connectivity index (χ0v) is 14.1. The van der Waals surface area contributed by atoms with Crippen molar-refractivity contribution in [2.24, 2.45) is 0 Å². The molecule has 7 heteroatoms. The largest absolute Gasteiger partial charge is 0.507 e. The summed E-state index contributed by atoms with van der Waals surface area (Å²) in [7, 11) is 1.28. The van der Waals surface area contributed by atoms with Gasteiger partial charge in [0.1, 0.15) is 17.1 Å². The number of rotatable bonds is 4. The van der Waals surface area contributed by atoms with Gasteiger partial charge in [-0.3, -0.25) is 0 Å². The van der Waals surface area contributed by atoms with Gasteiger partial charge >= 0.3 is 12.6 Å². The van der Waals surface area contributed by atoms with Crippen LogP contribution in [0.1, 0.15) is 27.0 Å². The fourth-order valence-corrected chi connectivity index (χ4v) is 1.97. The van der Waals surface area contributed by atoms with E-state index in [2.05, 4.69) is 9.47 Å². The van der Waals surface area contributed by atoms with Crippen LogP contribution in [0.15, 0.2) is 36.4 Å². The van der Waals surface area contributed by atoms with Crippen LogP contribution in [0.5, 0.6) is 11.5 Å². The van der Waals surface area contributed by atoms with Crippen molar-refractivity contribution in [1.82, 2.24) is 0 Å². The number of aromatic hydroxyl groups is 1. The van der Waals surface area contributed by atoms with Gasteiger partial charge in [-0.25, -0.2) is 4.79 Å². The number of ether oxygens (including phenoxy) is 2. The van der Waals surface area contributed by atoms with Crippen molar-refractivity contribution < 1.29 is 33.3 Å². The summed E-state index contributed by atoms with van der Waals surface area (Å²) in [6.07, 6.45) is 0. The van der Waals surface area contributed by atoms with Gasteiger partial charge in [0, 0.05) is 5.56 Å². The lowest BCUT2D eigenvalue weighted by atomic mass is 10.1. The molecule has 0 aromatic heterocycles. The second-order valence-corrected chi connectivity index (χ2v) is 5.16. The zero-order chi connectivity index (χ0) is 19.0. The predicted octanol–water partition coefficient (Wildman–Crippen LogP) is 3.58. The van der Waals surface area contributed by atoms with Crippen molar-refractivity contribution in [3.8, 4) is 11.5 Å². The number of hydrogen-bond acceptors (Lipinski definition) is 5. The maximum Gasteiger partial charge on any atom is 0.387 e. The molecule has 0 aliphatic rings. The number of aliphatic hydroxyl groups excluding tert-OH is 1. The van der Waals surface area contributed by atoms with Crippen LogP contribution in [0, 0.1) is 13.8 Å². The molecule has 0 radical (unpaired) electrons. The van der Waals surface area contributed by atoms with E-state index in [1.54, 1.807) is 24.3 Å². The van der Waals surface area contributed by atoms with Gasteiger partial charge in [0.2, 0.25) is 0 Å². The number of phenols is 1. The molecule has 2 rings (SSSR count). The maximum atomic E-state index is 11.8. The summed E-state index contributed by atoms with van der Waals surface area (Å²) >= 11 is 0. The number of phenolic OH excluding ortho intramolecular Hbond substituents is 1. The summed E-state index contributed by atoms with van der Waals surface area (Å²) in [5.41, 5.74) is 2.39. The van der Waals surface area contributed by atoms with Gasteiger partial charge in [-0.05, 0) is 32.0 Å². The minimum Gasteiger partial charge on any atom is -0.507 e. The predicted molar refractivity (Wildman–Crippen MR) is 87.9 cm³/mol. The first-order valence-electron chi connectivity index (χ1n) is 7.31. The van der Waals surface area contributed by atoms with E-state index >= 15 is 0 Å². The fraction of sp³-hybridized carbons (Fsp3) is 0.278. The van der Waals surface area contributed by atoms with Crippen LogP contribution in [0.4, 0.5) is 8.78 Å². The molecule has 0 heterocycles. The summed E-state index contributed by atoms with van der Waals surface area (Å²) in [6, 6.07) is 9.46. The smallest absolute Gasteiger partial charge is 0.387 e. The van der Waals surface area contributed by atoms with Gasteiger partial charge in [-0.1, -0.05) is 29.3 Å². The quantitative estimate of drug-likeness (QED) is 0.821. The molecule has 136 valence electrons. The first kappa shape index (κ1) is 20.4.